The molecular formula is C23H26O3. The average molecular weight is 350 g/mol. The third kappa shape index (κ3) is 2.60. The van der Waals surface area contributed by atoms with Crippen molar-refractivity contribution in [3.05, 3.63) is 42.5 Å². The zero-order valence-corrected chi connectivity index (χ0v) is 15.3. The molecule has 2 aromatic rings. The third-order valence-electron chi connectivity index (χ3n) is 7.14. The van der Waals surface area contributed by atoms with Crippen LogP contribution < -0.4 is 4.74 Å². The number of esters is 1. The van der Waals surface area contributed by atoms with E-state index in [0.717, 1.165) is 31.4 Å². The van der Waals surface area contributed by atoms with Crippen molar-refractivity contribution < 1.29 is 14.3 Å². The van der Waals surface area contributed by atoms with Crippen molar-refractivity contribution in [1.29, 1.82) is 0 Å². The van der Waals surface area contributed by atoms with Crippen LogP contribution in [0.15, 0.2) is 42.5 Å². The van der Waals surface area contributed by atoms with Crippen molar-refractivity contribution in [2.45, 2.75) is 57.7 Å². The third-order valence-corrected chi connectivity index (χ3v) is 7.14. The minimum absolute atomic E-state index is 0.00125. The number of ether oxygens (including phenoxy) is 2. The van der Waals surface area contributed by atoms with Crippen molar-refractivity contribution >= 4 is 16.7 Å². The first-order valence-corrected chi connectivity index (χ1v) is 9.96. The number of hydrogen-bond acceptors (Lipinski definition) is 3. The van der Waals surface area contributed by atoms with Gasteiger partial charge in [0.05, 0.1) is 12.5 Å². The summed E-state index contributed by atoms with van der Waals surface area (Å²) in [5, 5.41) is 2.39. The Labute approximate surface area is 154 Å². The smallest absolute Gasteiger partial charge is 0.306 e. The highest BCUT2D eigenvalue weighted by Gasteiger charge is 2.54. The molecule has 3 fully saturated rings. The molecule has 136 valence electrons. The first kappa shape index (κ1) is 16.2. The Morgan fingerprint density at radius 3 is 2.81 bits per heavy atom. The number of carbonyl (C=O) groups is 1. The fourth-order valence-corrected chi connectivity index (χ4v) is 5.61. The van der Waals surface area contributed by atoms with Gasteiger partial charge in [0, 0.05) is 17.2 Å². The van der Waals surface area contributed by atoms with Crippen molar-refractivity contribution in [1.82, 2.24) is 0 Å². The number of fused-ring (bicyclic) bond motifs is 4. The lowest BCUT2D eigenvalue weighted by Gasteiger charge is -2.51. The number of hydrogen-bond donors (Lipinski definition) is 0. The van der Waals surface area contributed by atoms with Gasteiger partial charge >= 0.3 is 5.97 Å². The fraction of sp³-hybridized carbons (Fsp3) is 0.522. The molecule has 26 heavy (non-hydrogen) atoms. The van der Waals surface area contributed by atoms with E-state index in [4.69, 9.17) is 9.47 Å². The van der Waals surface area contributed by atoms with E-state index in [9.17, 15) is 4.79 Å². The van der Waals surface area contributed by atoms with Crippen LogP contribution in [0.1, 0.15) is 45.4 Å². The first-order chi connectivity index (χ1) is 12.6. The molecule has 2 aliphatic carbocycles. The highest BCUT2D eigenvalue weighted by molar-refractivity contribution is 5.88. The molecule has 2 saturated carbocycles. The predicted molar refractivity (Wildman–Crippen MR) is 101 cm³/mol. The summed E-state index contributed by atoms with van der Waals surface area (Å²) >= 11 is 0. The van der Waals surface area contributed by atoms with Gasteiger partial charge in [0.25, 0.3) is 0 Å². The second kappa shape index (κ2) is 6.00. The van der Waals surface area contributed by atoms with Crippen molar-refractivity contribution in [2.24, 2.45) is 17.3 Å². The van der Waals surface area contributed by atoms with Crippen LogP contribution in [0.2, 0.25) is 0 Å². The van der Waals surface area contributed by atoms with Gasteiger partial charge in [-0.3, -0.25) is 4.79 Å². The highest BCUT2D eigenvalue weighted by Crippen LogP contribution is 2.55. The lowest BCUT2D eigenvalue weighted by molar-refractivity contribution is -0.151. The summed E-state index contributed by atoms with van der Waals surface area (Å²) in [4.78, 5) is 11.9. The molecular weight excluding hydrogens is 324 g/mol. The van der Waals surface area contributed by atoms with Crippen LogP contribution in [0.3, 0.4) is 0 Å². The van der Waals surface area contributed by atoms with Gasteiger partial charge < -0.3 is 9.47 Å². The summed E-state index contributed by atoms with van der Waals surface area (Å²) in [6.07, 6.45) is 6.53. The monoisotopic (exact) mass is 350 g/mol. The summed E-state index contributed by atoms with van der Waals surface area (Å²) in [5.74, 6) is 1.84. The minimum atomic E-state index is 0.00125. The Kier molecular flexibility index (Phi) is 3.73. The molecule has 1 unspecified atom stereocenters. The zero-order valence-electron chi connectivity index (χ0n) is 15.3. The van der Waals surface area contributed by atoms with E-state index in [0.29, 0.717) is 23.7 Å². The second-order valence-electron chi connectivity index (χ2n) is 8.71. The second-order valence-corrected chi connectivity index (χ2v) is 8.71. The summed E-state index contributed by atoms with van der Waals surface area (Å²) in [6.45, 7) is 2.40. The summed E-state index contributed by atoms with van der Waals surface area (Å²) in [5.41, 5.74) is 0.296. The number of rotatable bonds is 2. The van der Waals surface area contributed by atoms with Crippen LogP contribution in [0.4, 0.5) is 0 Å². The van der Waals surface area contributed by atoms with Crippen LogP contribution in [0.5, 0.6) is 5.75 Å². The Morgan fingerprint density at radius 2 is 1.88 bits per heavy atom. The van der Waals surface area contributed by atoms with E-state index in [1.807, 2.05) is 0 Å². The maximum Gasteiger partial charge on any atom is 0.306 e. The van der Waals surface area contributed by atoms with E-state index in [-0.39, 0.29) is 18.2 Å². The van der Waals surface area contributed by atoms with Gasteiger partial charge in [-0.2, -0.15) is 0 Å². The van der Waals surface area contributed by atoms with Gasteiger partial charge in [0.1, 0.15) is 11.9 Å². The lowest BCUT2D eigenvalue weighted by atomic mass is 9.56. The fourth-order valence-electron chi connectivity index (χ4n) is 5.61. The van der Waals surface area contributed by atoms with Gasteiger partial charge in [-0.1, -0.05) is 43.3 Å². The summed E-state index contributed by atoms with van der Waals surface area (Å²) < 4.78 is 12.3. The van der Waals surface area contributed by atoms with E-state index < -0.39 is 0 Å². The maximum absolute atomic E-state index is 11.9. The molecule has 0 amide bonds. The molecule has 3 nitrogen and oxygen atoms in total. The molecule has 5 atom stereocenters. The topological polar surface area (TPSA) is 35.5 Å². The van der Waals surface area contributed by atoms with E-state index in [1.54, 1.807) is 0 Å². The predicted octanol–water partition coefficient (Wildman–Crippen LogP) is 5.12. The van der Waals surface area contributed by atoms with Gasteiger partial charge in [0.2, 0.25) is 0 Å². The first-order valence-electron chi connectivity index (χ1n) is 9.96. The Bertz CT molecular complexity index is 839. The molecule has 5 rings (SSSR count). The van der Waals surface area contributed by atoms with Crippen LogP contribution in [-0.4, -0.2) is 18.2 Å². The van der Waals surface area contributed by atoms with Crippen molar-refractivity contribution in [2.75, 3.05) is 0 Å². The summed E-state index contributed by atoms with van der Waals surface area (Å²) in [7, 11) is 0. The van der Waals surface area contributed by atoms with E-state index >= 15 is 0 Å². The molecule has 1 heterocycles. The SMILES string of the molecule is C[C@]12CC[C@@H](Oc3cccc4ccccc34)C[C@H]1C1OC(=O)C[C@@H]1CC2. The van der Waals surface area contributed by atoms with Crippen LogP contribution >= 0.6 is 0 Å². The molecule has 3 heteroatoms. The number of carbonyl (C=O) groups excluding carboxylic acids is 1. The average Bonchev–Trinajstić information content (AvgIpc) is 3.03. The molecule has 0 spiro atoms. The maximum atomic E-state index is 11.9. The molecule has 2 aromatic carbocycles. The van der Waals surface area contributed by atoms with Gasteiger partial charge in [-0.25, -0.2) is 0 Å². The highest BCUT2D eigenvalue weighted by atomic mass is 16.6. The Balaban J connectivity index is 1.39. The normalized spacial score (nSPS) is 36.3. The zero-order chi connectivity index (χ0) is 17.7. The number of benzene rings is 2. The Hall–Kier alpha value is -2.03. The largest absolute Gasteiger partial charge is 0.490 e. The standard InChI is InChI=1S/C23H26O3/c1-23-11-9-16-13-21(24)26-22(16)19(23)14-17(10-12-23)25-20-8-4-6-15-5-2-3-7-18(15)20/h2-8,16-17,19,22H,9-14H2,1H3/t16-,17+,19-,22?,23-/m0/s1. The van der Waals surface area contributed by atoms with Gasteiger partial charge in [0.15, 0.2) is 0 Å². The minimum Gasteiger partial charge on any atom is -0.490 e. The van der Waals surface area contributed by atoms with Crippen LogP contribution in [-0.2, 0) is 9.53 Å². The van der Waals surface area contributed by atoms with E-state index in [2.05, 4.69) is 49.4 Å². The van der Waals surface area contributed by atoms with Crippen molar-refractivity contribution in [3.8, 4) is 5.75 Å². The molecule has 3 aliphatic rings. The molecule has 0 radical (unpaired) electrons. The Morgan fingerprint density at radius 1 is 1.08 bits per heavy atom. The van der Waals surface area contributed by atoms with Crippen LogP contribution in [0, 0.1) is 17.3 Å². The van der Waals surface area contributed by atoms with Gasteiger partial charge in [-0.05, 0) is 49.0 Å². The van der Waals surface area contributed by atoms with E-state index in [1.165, 1.54) is 17.2 Å². The molecule has 1 saturated heterocycles. The molecule has 1 aliphatic heterocycles. The summed E-state index contributed by atoms with van der Waals surface area (Å²) in [6, 6.07) is 14.7. The van der Waals surface area contributed by atoms with Crippen molar-refractivity contribution in [3.63, 3.8) is 0 Å². The van der Waals surface area contributed by atoms with Gasteiger partial charge in [-0.15, -0.1) is 0 Å². The molecule has 0 N–H and O–H groups in total. The molecule has 0 aromatic heterocycles. The van der Waals surface area contributed by atoms with Crippen LogP contribution in [0.25, 0.3) is 10.8 Å². The lowest BCUT2D eigenvalue weighted by Crippen LogP contribution is -2.49. The molecule has 0 bridgehead atoms. The quantitative estimate of drug-likeness (QED) is 0.705.